The maximum absolute atomic E-state index is 13.6. The van der Waals surface area contributed by atoms with Crippen molar-refractivity contribution >= 4 is 21.6 Å². The van der Waals surface area contributed by atoms with Crippen LogP contribution in [-0.2, 0) is 0 Å². The summed E-state index contributed by atoms with van der Waals surface area (Å²) in [6.07, 6.45) is 0. The second kappa shape index (κ2) is 3.63. The van der Waals surface area contributed by atoms with Crippen molar-refractivity contribution in [2.45, 2.75) is 13.8 Å². The molecule has 0 unspecified atom stereocenters. The summed E-state index contributed by atoms with van der Waals surface area (Å²) in [5.41, 5.74) is 6.12. The molecule has 0 amide bonds. The summed E-state index contributed by atoms with van der Waals surface area (Å²) in [6, 6.07) is 3.04. The number of H-pyrrole nitrogens is 1. The van der Waals surface area contributed by atoms with E-state index >= 15 is 0 Å². The minimum atomic E-state index is -0.239. The Balaban J connectivity index is 2.40. The zero-order chi connectivity index (χ0) is 12.0. The third kappa shape index (κ3) is 1.54. The van der Waals surface area contributed by atoms with E-state index in [1.54, 1.807) is 5.51 Å². The molecule has 3 aromatic rings. The van der Waals surface area contributed by atoms with Crippen molar-refractivity contribution in [3.8, 4) is 11.1 Å². The number of thiazole rings is 1. The monoisotopic (exact) mass is 247 g/mol. The molecular weight excluding hydrogens is 237 g/mol. The van der Waals surface area contributed by atoms with Crippen LogP contribution in [0, 0.1) is 19.7 Å². The Morgan fingerprint density at radius 2 is 2.12 bits per heavy atom. The molecule has 1 aromatic carbocycles. The van der Waals surface area contributed by atoms with Gasteiger partial charge in [-0.1, -0.05) is 0 Å². The molecule has 5 heteroatoms. The van der Waals surface area contributed by atoms with Gasteiger partial charge in [-0.25, -0.2) is 9.37 Å². The number of aromatic amines is 1. The SMILES string of the molecule is Cc1n[nH]c(C)c1-c1cc(F)cc2scnc12. The van der Waals surface area contributed by atoms with E-state index in [0.717, 1.165) is 32.7 Å². The van der Waals surface area contributed by atoms with Gasteiger partial charge in [0, 0.05) is 16.8 Å². The number of hydrogen-bond acceptors (Lipinski definition) is 3. The van der Waals surface area contributed by atoms with Crippen molar-refractivity contribution in [3.05, 3.63) is 34.8 Å². The second-order valence-corrected chi connectivity index (χ2v) is 4.85. The summed E-state index contributed by atoms with van der Waals surface area (Å²) in [6.45, 7) is 3.83. The van der Waals surface area contributed by atoms with Crippen molar-refractivity contribution in [2.75, 3.05) is 0 Å². The van der Waals surface area contributed by atoms with Crippen LogP contribution in [0.4, 0.5) is 4.39 Å². The molecule has 0 aliphatic rings. The minimum absolute atomic E-state index is 0.239. The highest BCUT2D eigenvalue weighted by atomic mass is 32.1. The maximum atomic E-state index is 13.6. The zero-order valence-electron chi connectivity index (χ0n) is 9.41. The van der Waals surface area contributed by atoms with Gasteiger partial charge in [-0.15, -0.1) is 11.3 Å². The Labute approximate surface area is 101 Å². The molecule has 2 heterocycles. The summed E-state index contributed by atoms with van der Waals surface area (Å²) in [5, 5.41) is 7.06. The van der Waals surface area contributed by atoms with Gasteiger partial charge in [0.05, 0.1) is 21.4 Å². The topological polar surface area (TPSA) is 41.6 Å². The first-order valence-corrected chi connectivity index (χ1v) is 6.09. The Hall–Kier alpha value is -1.75. The lowest BCUT2D eigenvalue weighted by molar-refractivity contribution is 0.630. The number of rotatable bonds is 1. The number of hydrogen-bond donors (Lipinski definition) is 1. The Kier molecular flexibility index (Phi) is 2.22. The number of halogens is 1. The highest BCUT2D eigenvalue weighted by Crippen LogP contribution is 2.33. The van der Waals surface area contributed by atoms with Crippen molar-refractivity contribution in [1.82, 2.24) is 15.2 Å². The number of aromatic nitrogens is 3. The van der Waals surface area contributed by atoms with Gasteiger partial charge in [0.1, 0.15) is 5.82 Å². The zero-order valence-corrected chi connectivity index (χ0v) is 10.2. The van der Waals surface area contributed by atoms with Gasteiger partial charge in [-0.2, -0.15) is 5.10 Å². The standard InChI is InChI=1S/C12H10FN3S/c1-6-11(7(2)16-15-6)9-3-8(13)4-10-12(9)14-5-17-10/h3-5H,1-2H3,(H,15,16). The lowest BCUT2D eigenvalue weighted by Gasteiger charge is -2.03. The number of fused-ring (bicyclic) bond motifs is 1. The third-order valence-corrected chi connectivity index (χ3v) is 3.57. The molecule has 0 saturated heterocycles. The van der Waals surface area contributed by atoms with Crippen LogP contribution >= 0.6 is 11.3 Å². The average Bonchev–Trinajstić information content (AvgIpc) is 2.85. The third-order valence-electron chi connectivity index (χ3n) is 2.80. The summed E-state index contributed by atoms with van der Waals surface area (Å²) in [4.78, 5) is 4.31. The van der Waals surface area contributed by atoms with Crippen molar-refractivity contribution in [3.63, 3.8) is 0 Å². The summed E-state index contributed by atoms with van der Waals surface area (Å²) >= 11 is 1.44. The normalized spacial score (nSPS) is 11.2. The molecule has 0 radical (unpaired) electrons. The lowest BCUT2D eigenvalue weighted by atomic mass is 10.0. The minimum Gasteiger partial charge on any atom is -0.282 e. The van der Waals surface area contributed by atoms with E-state index in [1.807, 2.05) is 13.8 Å². The quantitative estimate of drug-likeness (QED) is 0.715. The van der Waals surface area contributed by atoms with E-state index in [4.69, 9.17) is 0 Å². The summed E-state index contributed by atoms with van der Waals surface area (Å²) in [5.74, 6) is -0.239. The van der Waals surface area contributed by atoms with E-state index in [1.165, 1.54) is 23.5 Å². The molecule has 0 aliphatic heterocycles. The van der Waals surface area contributed by atoms with Gasteiger partial charge in [0.2, 0.25) is 0 Å². The molecule has 2 aromatic heterocycles. The predicted molar refractivity (Wildman–Crippen MR) is 66.6 cm³/mol. The molecule has 3 nitrogen and oxygen atoms in total. The van der Waals surface area contributed by atoms with E-state index in [2.05, 4.69) is 15.2 Å². The molecule has 0 spiro atoms. The Bertz CT molecular complexity index is 679. The van der Waals surface area contributed by atoms with Crippen LogP contribution in [0.2, 0.25) is 0 Å². The average molecular weight is 247 g/mol. The highest BCUT2D eigenvalue weighted by Gasteiger charge is 2.15. The van der Waals surface area contributed by atoms with Gasteiger partial charge >= 0.3 is 0 Å². The number of benzene rings is 1. The Morgan fingerprint density at radius 3 is 2.82 bits per heavy atom. The van der Waals surface area contributed by atoms with Crippen LogP contribution in [0.25, 0.3) is 21.3 Å². The molecule has 1 N–H and O–H groups in total. The predicted octanol–water partition coefficient (Wildman–Crippen LogP) is 3.44. The fourth-order valence-corrected chi connectivity index (χ4v) is 2.80. The van der Waals surface area contributed by atoms with Crippen LogP contribution in [0.1, 0.15) is 11.4 Å². The number of nitrogens with one attached hydrogen (secondary N) is 1. The van der Waals surface area contributed by atoms with Crippen molar-refractivity contribution in [2.24, 2.45) is 0 Å². The van der Waals surface area contributed by atoms with Crippen molar-refractivity contribution < 1.29 is 4.39 Å². The second-order valence-electron chi connectivity index (χ2n) is 3.96. The molecular formula is C12H10FN3S. The van der Waals surface area contributed by atoms with Crippen LogP contribution in [0.5, 0.6) is 0 Å². The molecule has 3 rings (SSSR count). The number of aryl methyl sites for hydroxylation is 2. The Morgan fingerprint density at radius 1 is 1.29 bits per heavy atom. The molecule has 0 aliphatic carbocycles. The maximum Gasteiger partial charge on any atom is 0.125 e. The molecule has 0 fully saturated rings. The van der Waals surface area contributed by atoms with Gasteiger partial charge in [0.15, 0.2) is 0 Å². The van der Waals surface area contributed by atoms with Gasteiger partial charge in [0.25, 0.3) is 0 Å². The van der Waals surface area contributed by atoms with Crippen LogP contribution in [-0.4, -0.2) is 15.2 Å². The highest BCUT2D eigenvalue weighted by molar-refractivity contribution is 7.16. The summed E-state index contributed by atoms with van der Waals surface area (Å²) in [7, 11) is 0. The fraction of sp³-hybridized carbons (Fsp3) is 0.167. The summed E-state index contributed by atoms with van der Waals surface area (Å²) < 4.78 is 14.4. The first kappa shape index (κ1) is 10.4. The first-order chi connectivity index (χ1) is 8.16. The molecule has 0 saturated carbocycles. The van der Waals surface area contributed by atoms with E-state index in [9.17, 15) is 4.39 Å². The van der Waals surface area contributed by atoms with Gasteiger partial charge < -0.3 is 0 Å². The fourth-order valence-electron chi connectivity index (χ4n) is 2.07. The van der Waals surface area contributed by atoms with Crippen molar-refractivity contribution in [1.29, 1.82) is 0 Å². The molecule has 17 heavy (non-hydrogen) atoms. The molecule has 86 valence electrons. The lowest BCUT2D eigenvalue weighted by Crippen LogP contribution is -1.86. The van der Waals surface area contributed by atoms with E-state index < -0.39 is 0 Å². The smallest absolute Gasteiger partial charge is 0.125 e. The largest absolute Gasteiger partial charge is 0.282 e. The number of nitrogens with zero attached hydrogens (tertiary/aromatic N) is 2. The van der Waals surface area contributed by atoms with Crippen LogP contribution in [0.15, 0.2) is 17.6 Å². The van der Waals surface area contributed by atoms with E-state index in [-0.39, 0.29) is 5.82 Å². The van der Waals surface area contributed by atoms with Crippen LogP contribution in [0.3, 0.4) is 0 Å². The first-order valence-electron chi connectivity index (χ1n) is 5.21. The van der Waals surface area contributed by atoms with E-state index in [0.29, 0.717) is 0 Å². The van der Waals surface area contributed by atoms with Gasteiger partial charge in [-0.05, 0) is 26.0 Å². The molecule has 0 atom stereocenters. The van der Waals surface area contributed by atoms with Crippen LogP contribution < -0.4 is 0 Å². The van der Waals surface area contributed by atoms with Gasteiger partial charge in [-0.3, -0.25) is 5.10 Å². The molecule has 0 bridgehead atoms.